The van der Waals surface area contributed by atoms with Crippen molar-refractivity contribution >= 4 is 40.3 Å². The summed E-state index contributed by atoms with van der Waals surface area (Å²) in [5.74, 6) is -0.845. The van der Waals surface area contributed by atoms with Crippen LogP contribution < -0.4 is 16.4 Å². The van der Waals surface area contributed by atoms with Crippen LogP contribution in [0.4, 0.5) is 5.69 Å². The first-order chi connectivity index (χ1) is 13.5. The van der Waals surface area contributed by atoms with Crippen molar-refractivity contribution in [1.29, 1.82) is 0 Å². The van der Waals surface area contributed by atoms with E-state index in [-0.39, 0.29) is 11.9 Å². The van der Waals surface area contributed by atoms with Gasteiger partial charge in [-0.05, 0) is 43.9 Å². The lowest BCUT2D eigenvalue weighted by atomic mass is 9.86. The molecule has 1 spiro atoms. The zero-order valence-electron chi connectivity index (χ0n) is 15.1. The first-order valence-corrected chi connectivity index (χ1v) is 9.32. The Morgan fingerprint density at radius 1 is 0.964 bits per heavy atom. The summed E-state index contributed by atoms with van der Waals surface area (Å²) in [6.07, 6.45) is 4.74. The Morgan fingerprint density at radius 3 is 2.43 bits per heavy atom. The molecule has 0 unspecified atom stereocenters. The molecule has 142 valence electrons. The molecule has 5 rings (SSSR count). The second kappa shape index (κ2) is 5.79. The quantitative estimate of drug-likeness (QED) is 0.580. The molecular weight excluding hydrogens is 358 g/mol. The maximum Gasteiger partial charge on any atom is 0.346 e. The molecule has 0 saturated heterocycles. The number of nitrogens with two attached hydrogens (primary N) is 2. The van der Waals surface area contributed by atoms with Crippen LogP contribution in [0.1, 0.15) is 52.8 Å². The van der Waals surface area contributed by atoms with Crippen LogP contribution in [-0.4, -0.2) is 29.5 Å². The lowest BCUT2D eigenvalue weighted by molar-refractivity contribution is 0.0391. The number of hydrogen-bond acceptors (Lipinski definition) is 8. The smallest absolute Gasteiger partial charge is 0.346 e. The minimum atomic E-state index is -0.643. The van der Waals surface area contributed by atoms with E-state index in [1.165, 1.54) is 0 Å². The summed E-state index contributed by atoms with van der Waals surface area (Å²) in [7, 11) is 0. The SMILES string of the molecule is NC1=NC2(CCCCC2)N(c2ccc3c4c(cccc24)C(=O)OC3=O)C(N)=N1. The highest BCUT2D eigenvalue weighted by Crippen LogP contribution is 2.43. The summed E-state index contributed by atoms with van der Waals surface area (Å²) in [5, 5.41) is 1.31. The van der Waals surface area contributed by atoms with Gasteiger partial charge in [-0.2, -0.15) is 4.99 Å². The fourth-order valence-corrected chi connectivity index (χ4v) is 4.59. The highest BCUT2D eigenvalue weighted by Gasteiger charge is 2.43. The maximum absolute atomic E-state index is 12.2. The highest BCUT2D eigenvalue weighted by molar-refractivity contribution is 6.23. The predicted octanol–water partition coefficient (Wildman–Crippen LogP) is 2.26. The number of aliphatic imine (C=N–C) groups is 2. The Bertz CT molecular complexity index is 1080. The number of cyclic esters (lactones) is 2. The van der Waals surface area contributed by atoms with Crippen molar-refractivity contribution in [3.8, 4) is 0 Å². The summed E-state index contributed by atoms with van der Waals surface area (Å²) in [4.78, 5) is 35.3. The summed E-state index contributed by atoms with van der Waals surface area (Å²) in [6.45, 7) is 0. The fourth-order valence-electron chi connectivity index (χ4n) is 4.59. The lowest BCUT2D eigenvalue weighted by Gasteiger charge is -2.46. The van der Waals surface area contributed by atoms with Crippen LogP contribution in [0.25, 0.3) is 10.8 Å². The van der Waals surface area contributed by atoms with Crippen LogP contribution >= 0.6 is 0 Å². The molecule has 1 saturated carbocycles. The third kappa shape index (κ3) is 2.24. The van der Waals surface area contributed by atoms with Gasteiger partial charge in [-0.25, -0.2) is 14.6 Å². The fraction of sp³-hybridized carbons (Fsp3) is 0.300. The molecule has 1 fully saturated rings. The van der Waals surface area contributed by atoms with Crippen molar-refractivity contribution in [2.45, 2.75) is 37.8 Å². The van der Waals surface area contributed by atoms with Crippen molar-refractivity contribution < 1.29 is 14.3 Å². The first kappa shape index (κ1) is 16.7. The molecule has 0 atom stereocenters. The summed E-state index contributed by atoms with van der Waals surface area (Å²) >= 11 is 0. The van der Waals surface area contributed by atoms with Gasteiger partial charge in [-0.15, -0.1) is 0 Å². The molecule has 0 radical (unpaired) electrons. The summed E-state index contributed by atoms with van der Waals surface area (Å²) < 4.78 is 4.86. The normalized spacial score (nSPS) is 20.8. The van der Waals surface area contributed by atoms with Gasteiger partial charge in [-0.3, -0.25) is 4.90 Å². The second-order valence-corrected chi connectivity index (χ2v) is 7.36. The number of ether oxygens (including phenoxy) is 1. The topological polar surface area (TPSA) is 123 Å². The monoisotopic (exact) mass is 377 g/mol. The number of carbonyl (C=O) groups excluding carboxylic acids is 2. The van der Waals surface area contributed by atoms with Crippen LogP contribution in [-0.2, 0) is 4.74 Å². The van der Waals surface area contributed by atoms with Crippen LogP contribution in [0.15, 0.2) is 40.3 Å². The van der Waals surface area contributed by atoms with Gasteiger partial charge in [0.05, 0.1) is 16.8 Å². The van der Waals surface area contributed by atoms with E-state index in [9.17, 15) is 9.59 Å². The molecule has 2 aromatic carbocycles. The van der Waals surface area contributed by atoms with E-state index < -0.39 is 17.6 Å². The molecule has 0 amide bonds. The molecule has 2 heterocycles. The number of rotatable bonds is 1. The Kier molecular flexibility index (Phi) is 3.46. The minimum Gasteiger partial charge on any atom is -0.386 e. The van der Waals surface area contributed by atoms with E-state index in [0.29, 0.717) is 16.5 Å². The number of benzene rings is 2. The molecule has 1 aliphatic carbocycles. The van der Waals surface area contributed by atoms with Gasteiger partial charge in [0.2, 0.25) is 11.9 Å². The zero-order valence-corrected chi connectivity index (χ0v) is 15.1. The Labute approximate surface area is 160 Å². The van der Waals surface area contributed by atoms with Gasteiger partial charge >= 0.3 is 11.9 Å². The van der Waals surface area contributed by atoms with Crippen LogP contribution in [0.3, 0.4) is 0 Å². The molecule has 28 heavy (non-hydrogen) atoms. The summed E-state index contributed by atoms with van der Waals surface area (Å²) in [5.41, 5.74) is 13.2. The second-order valence-electron chi connectivity index (χ2n) is 7.36. The lowest BCUT2D eigenvalue weighted by Crippen LogP contribution is -2.58. The standard InChI is InChI=1S/C20H19N5O3/c21-18-23-19(22)25(20(24-18)9-2-1-3-10-20)14-8-7-13-15-11(14)5-4-6-12(15)16(26)28-17(13)27/h4-8H,1-3,9-10H2,(H4,21,22,23,24). The molecule has 8 nitrogen and oxygen atoms in total. The first-order valence-electron chi connectivity index (χ1n) is 9.32. The maximum atomic E-state index is 12.2. The van der Waals surface area contributed by atoms with E-state index in [1.54, 1.807) is 18.2 Å². The number of nitrogens with zero attached hydrogens (tertiary/aromatic N) is 3. The van der Waals surface area contributed by atoms with Gasteiger partial charge in [0.1, 0.15) is 5.66 Å². The Morgan fingerprint density at radius 2 is 1.68 bits per heavy atom. The number of anilines is 1. The van der Waals surface area contributed by atoms with Crippen molar-refractivity contribution in [2.24, 2.45) is 21.5 Å². The van der Waals surface area contributed by atoms with Gasteiger partial charge in [0.15, 0.2) is 0 Å². The van der Waals surface area contributed by atoms with E-state index in [1.807, 2.05) is 17.0 Å². The van der Waals surface area contributed by atoms with Crippen LogP contribution in [0.2, 0.25) is 0 Å². The van der Waals surface area contributed by atoms with E-state index >= 15 is 0 Å². The van der Waals surface area contributed by atoms with Crippen molar-refractivity contribution in [2.75, 3.05) is 4.90 Å². The van der Waals surface area contributed by atoms with E-state index in [0.717, 1.165) is 43.2 Å². The number of hydrogen-bond donors (Lipinski definition) is 2. The average Bonchev–Trinajstić information content (AvgIpc) is 2.66. The van der Waals surface area contributed by atoms with Gasteiger partial charge in [0, 0.05) is 10.8 Å². The number of guanidine groups is 2. The molecular formula is C20H19N5O3. The van der Waals surface area contributed by atoms with Crippen molar-refractivity contribution in [3.63, 3.8) is 0 Å². The average molecular weight is 377 g/mol. The Balaban J connectivity index is 1.78. The third-order valence-corrected chi connectivity index (χ3v) is 5.74. The minimum absolute atomic E-state index is 0.178. The third-order valence-electron chi connectivity index (χ3n) is 5.74. The van der Waals surface area contributed by atoms with Crippen molar-refractivity contribution in [1.82, 2.24) is 0 Å². The largest absolute Gasteiger partial charge is 0.386 e. The van der Waals surface area contributed by atoms with Gasteiger partial charge < -0.3 is 16.2 Å². The number of carbonyl (C=O) groups is 2. The van der Waals surface area contributed by atoms with E-state index in [4.69, 9.17) is 21.2 Å². The molecule has 4 N–H and O–H groups in total. The van der Waals surface area contributed by atoms with Gasteiger partial charge in [-0.1, -0.05) is 18.6 Å². The zero-order chi connectivity index (χ0) is 19.5. The van der Waals surface area contributed by atoms with Crippen molar-refractivity contribution in [3.05, 3.63) is 41.5 Å². The number of esters is 2. The van der Waals surface area contributed by atoms with E-state index in [2.05, 4.69) is 4.99 Å². The molecule has 2 aliphatic heterocycles. The molecule has 0 bridgehead atoms. The molecule has 3 aliphatic rings. The van der Waals surface area contributed by atoms with Crippen LogP contribution in [0.5, 0.6) is 0 Å². The molecule has 8 heteroatoms. The van der Waals surface area contributed by atoms with Crippen LogP contribution in [0, 0.1) is 0 Å². The summed E-state index contributed by atoms with van der Waals surface area (Å²) in [6, 6.07) is 8.78. The highest BCUT2D eigenvalue weighted by atomic mass is 16.6. The predicted molar refractivity (Wildman–Crippen MR) is 105 cm³/mol. The molecule has 2 aromatic rings. The van der Waals surface area contributed by atoms with Gasteiger partial charge in [0.25, 0.3) is 0 Å². The Hall–Kier alpha value is -3.42. The molecule has 0 aromatic heterocycles.